The molecule has 0 bridgehead atoms. The Kier molecular flexibility index (Phi) is 4.04. The van der Waals surface area contributed by atoms with Crippen molar-refractivity contribution in [3.05, 3.63) is 54.1 Å². The standard InChI is InChI=1S/C17H21N5/c1-4-14(13-6-5-8-18-11-13)20-17-10-15(12(2)3)21-16-7-9-19-22(16)17/h5-12,14,20H,4H2,1-3H3. The summed E-state index contributed by atoms with van der Waals surface area (Å²) in [4.78, 5) is 8.87. The minimum Gasteiger partial charge on any atom is -0.363 e. The Balaban J connectivity index is 2.00. The van der Waals surface area contributed by atoms with E-state index >= 15 is 0 Å². The largest absolute Gasteiger partial charge is 0.363 e. The van der Waals surface area contributed by atoms with Crippen molar-refractivity contribution in [3.63, 3.8) is 0 Å². The van der Waals surface area contributed by atoms with E-state index in [1.807, 2.05) is 22.8 Å². The van der Waals surface area contributed by atoms with Crippen LogP contribution in [0, 0.1) is 0 Å². The zero-order valence-electron chi connectivity index (χ0n) is 13.2. The maximum absolute atomic E-state index is 4.65. The van der Waals surface area contributed by atoms with Crippen molar-refractivity contribution in [1.82, 2.24) is 19.6 Å². The lowest BCUT2D eigenvalue weighted by Gasteiger charge is -2.20. The molecule has 5 heteroatoms. The lowest BCUT2D eigenvalue weighted by Crippen LogP contribution is -2.14. The summed E-state index contributed by atoms with van der Waals surface area (Å²) in [6.07, 6.45) is 6.45. The molecule has 0 saturated carbocycles. The number of nitrogens with zero attached hydrogens (tertiary/aromatic N) is 4. The summed E-state index contributed by atoms with van der Waals surface area (Å²) in [6.45, 7) is 6.46. The van der Waals surface area contributed by atoms with Gasteiger partial charge in [0.2, 0.25) is 0 Å². The summed E-state index contributed by atoms with van der Waals surface area (Å²) >= 11 is 0. The molecule has 0 spiro atoms. The zero-order valence-corrected chi connectivity index (χ0v) is 13.2. The van der Waals surface area contributed by atoms with Gasteiger partial charge in [-0.1, -0.05) is 26.8 Å². The summed E-state index contributed by atoms with van der Waals surface area (Å²) in [5, 5.41) is 7.97. The molecule has 114 valence electrons. The summed E-state index contributed by atoms with van der Waals surface area (Å²) in [5.41, 5.74) is 3.11. The summed E-state index contributed by atoms with van der Waals surface area (Å²) < 4.78 is 1.85. The lowest BCUT2D eigenvalue weighted by atomic mass is 10.1. The Bertz CT molecular complexity index is 748. The molecule has 0 amide bonds. The van der Waals surface area contributed by atoms with E-state index < -0.39 is 0 Å². The maximum atomic E-state index is 4.65. The van der Waals surface area contributed by atoms with Gasteiger partial charge >= 0.3 is 0 Å². The molecule has 3 rings (SSSR count). The van der Waals surface area contributed by atoms with Gasteiger partial charge in [-0.3, -0.25) is 4.98 Å². The number of fused-ring (bicyclic) bond motifs is 1. The number of nitrogens with one attached hydrogen (secondary N) is 1. The minimum absolute atomic E-state index is 0.198. The fourth-order valence-electron chi connectivity index (χ4n) is 2.51. The second-order valence-corrected chi connectivity index (χ2v) is 5.71. The smallest absolute Gasteiger partial charge is 0.157 e. The van der Waals surface area contributed by atoms with E-state index in [2.05, 4.69) is 53.3 Å². The molecular weight excluding hydrogens is 274 g/mol. The number of anilines is 1. The average molecular weight is 295 g/mol. The van der Waals surface area contributed by atoms with E-state index in [0.29, 0.717) is 5.92 Å². The van der Waals surface area contributed by atoms with Gasteiger partial charge < -0.3 is 5.32 Å². The molecule has 3 aromatic heterocycles. The first-order valence-electron chi connectivity index (χ1n) is 7.70. The summed E-state index contributed by atoms with van der Waals surface area (Å²) in [5.74, 6) is 1.34. The molecule has 0 fully saturated rings. The van der Waals surface area contributed by atoms with Gasteiger partial charge in [0.15, 0.2) is 5.65 Å². The first-order valence-corrected chi connectivity index (χ1v) is 7.70. The van der Waals surface area contributed by atoms with Crippen molar-refractivity contribution in [2.45, 2.75) is 39.2 Å². The van der Waals surface area contributed by atoms with Crippen LogP contribution < -0.4 is 5.32 Å². The van der Waals surface area contributed by atoms with E-state index in [9.17, 15) is 0 Å². The average Bonchev–Trinajstić information content (AvgIpc) is 3.01. The molecule has 1 unspecified atom stereocenters. The molecule has 1 N–H and O–H groups in total. The van der Waals surface area contributed by atoms with Crippen LogP contribution in [0.3, 0.4) is 0 Å². The van der Waals surface area contributed by atoms with Gasteiger partial charge in [-0.05, 0) is 24.0 Å². The van der Waals surface area contributed by atoms with E-state index in [0.717, 1.165) is 23.6 Å². The fraction of sp³-hybridized carbons (Fsp3) is 0.353. The molecule has 1 atom stereocenters. The molecule has 5 nitrogen and oxygen atoms in total. The third-order valence-corrected chi connectivity index (χ3v) is 3.79. The number of aromatic nitrogens is 4. The highest BCUT2D eigenvalue weighted by atomic mass is 15.3. The van der Waals surface area contributed by atoms with Gasteiger partial charge in [-0.15, -0.1) is 0 Å². The SMILES string of the molecule is CCC(Nc1cc(C(C)C)nc2ccnn12)c1cccnc1. The molecule has 0 aliphatic carbocycles. The molecular formula is C17H21N5. The molecule has 3 aromatic rings. The van der Waals surface area contributed by atoms with E-state index in [1.54, 1.807) is 12.4 Å². The lowest BCUT2D eigenvalue weighted by molar-refractivity contribution is 0.726. The summed E-state index contributed by atoms with van der Waals surface area (Å²) in [7, 11) is 0. The van der Waals surface area contributed by atoms with Crippen molar-refractivity contribution in [3.8, 4) is 0 Å². The van der Waals surface area contributed by atoms with Gasteiger partial charge in [0.1, 0.15) is 5.82 Å². The van der Waals surface area contributed by atoms with Crippen LogP contribution in [0.15, 0.2) is 42.9 Å². The van der Waals surface area contributed by atoms with Crippen LogP contribution >= 0.6 is 0 Å². The Hall–Kier alpha value is -2.43. The molecule has 22 heavy (non-hydrogen) atoms. The molecule has 0 aromatic carbocycles. The minimum atomic E-state index is 0.198. The second-order valence-electron chi connectivity index (χ2n) is 5.71. The third kappa shape index (κ3) is 2.79. The predicted molar refractivity (Wildman–Crippen MR) is 88.0 cm³/mol. The van der Waals surface area contributed by atoms with Crippen LogP contribution in [0.1, 0.15) is 50.4 Å². The van der Waals surface area contributed by atoms with E-state index in [-0.39, 0.29) is 6.04 Å². The van der Waals surface area contributed by atoms with Crippen LogP contribution in [-0.2, 0) is 0 Å². The monoisotopic (exact) mass is 295 g/mol. The van der Waals surface area contributed by atoms with Crippen molar-refractivity contribution < 1.29 is 0 Å². The second kappa shape index (κ2) is 6.13. The first-order chi connectivity index (χ1) is 10.7. The quantitative estimate of drug-likeness (QED) is 0.777. The van der Waals surface area contributed by atoms with Crippen LogP contribution in [0.5, 0.6) is 0 Å². The maximum Gasteiger partial charge on any atom is 0.157 e. The topological polar surface area (TPSA) is 55.1 Å². The van der Waals surface area contributed by atoms with E-state index in [1.165, 1.54) is 5.56 Å². The Morgan fingerprint density at radius 3 is 2.77 bits per heavy atom. The Labute approximate surface area is 130 Å². The van der Waals surface area contributed by atoms with Gasteiger partial charge in [-0.2, -0.15) is 9.61 Å². The zero-order chi connectivity index (χ0) is 15.5. The summed E-state index contributed by atoms with van der Waals surface area (Å²) in [6, 6.07) is 8.28. The highest BCUT2D eigenvalue weighted by Gasteiger charge is 2.14. The normalized spacial score (nSPS) is 12.7. The molecule has 0 aliphatic heterocycles. The predicted octanol–water partition coefficient (Wildman–Crippen LogP) is 3.81. The third-order valence-electron chi connectivity index (χ3n) is 3.79. The number of pyridine rings is 1. The van der Waals surface area contributed by atoms with E-state index in [4.69, 9.17) is 0 Å². The van der Waals surface area contributed by atoms with Crippen LogP contribution in [0.4, 0.5) is 5.82 Å². The molecule has 0 saturated heterocycles. The van der Waals surface area contributed by atoms with Crippen molar-refractivity contribution in [2.75, 3.05) is 5.32 Å². The molecule has 0 aliphatic rings. The highest BCUT2D eigenvalue weighted by molar-refractivity contribution is 5.50. The van der Waals surface area contributed by atoms with Gasteiger partial charge in [0.25, 0.3) is 0 Å². The van der Waals surface area contributed by atoms with Crippen molar-refractivity contribution >= 4 is 11.5 Å². The Morgan fingerprint density at radius 2 is 2.09 bits per heavy atom. The van der Waals surface area contributed by atoms with Gasteiger partial charge in [0, 0.05) is 30.2 Å². The van der Waals surface area contributed by atoms with Crippen molar-refractivity contribution in [1.29, 1.82) is 0 Å². The van der Waals surface area contributed by atoms with Gasteiger partial charge in [0.05, 0.1) is 12.2 Å². The highest BCUT2D eigenvalue weighted by Crippen LogP contribution is 2.24. The van der Waals surface area contributed by atoms with Crippen LogP contribution in [-0.4, -0.2) is 19.6 Å². The van der Waals surface area contributed by atoms with Crippen LogP contribution in [0.2, 0.25) is 0 Å². The Morgan fingerprint density at radius 1 is 1.23 bits per heavy atom. The first kappa shape index (κ1) is 14.5. The van der Waals surface area contributed by atoms with Gasteiger partial charge in [-0.25, -0.2) is 4.98 Å². The fourth-order valence-corrected chi connectivity index (χ4v) is 2.51. The number of hydrogen-bond donors (Lipinski definition) is 1. The number of rotatable bonds is 5. The van der Waals surface area contributed by atoms with Crippen LogP contribution in [0.25, 0.3) is 5.65 Å². The van der Waals surface area contributed by atoms with Crippen molar-refractivity contribution in [2.24, 2.45) is 0 Å². The number of hydrogen-bond acceptors (Lipinski definition) is 4. The molecule has 3 heterocycles. The molecule has 0 radical (unpaired) electrons.